The van der Waals surface area contributed by atoms with Crippen molar-refractivity contribution in [2.24, 2.45) is 0 Å². The second kappa shape index (κ2) is 11.5. The molecule has 0 spiro atoms. The summed E-state index contributed by atoms with van der Waals surface area (Å²) in [7, 11) is 0.603. The van der Waals surface area contributed by atoms with Crippen LogP contribution in [0.2, 0.25) is 6.04 Å². The second-order valence-corrected chi connectivity index (χ2v) is 3.96. The largest absolute Gasteiger partial charge is 0.395 e. The van der Waals surface area contributed by atoms with Gasteiger partial charge in [0.1, 0.15) is 6.79 Å². The smallest absolute Gasteiger partial charge is 0.232 e. The van der Waals surface area contributed by atoms with Crippen LogP contribution in [0.15, 0.2) is 0 Å². The van der Waals surface area contributed by atoms with Gasteiger partial charge in [-0.2, -0.15) is 12.6 Å². The van der Waals surface area contributed by atoms with Crippen molar-refractivity contribution in [3.05, 3.63) is 0 Å². The molecule has 0 unspecified atom stereocenters. The van der Waals surface area contributed by atoms with E-state index in [4.69, 9.17) is 9.16 Å². The van der Waals surface area contributed by atoms with E-state index in [1.54, 1.807) is 0 Å². The lowest BCUT2D eigenvalue weighted by molar-refractivity contribution is 0.0242. The third kappa shape index (κ3) is 10.5. The molecule has 0 fully saturated rings. The highest BCUT2D eigenvalue weighted by Crippen LogP contribution is 2.00. The van der Waals surface area contributed by atoms with E-state index < -0.39 is 0 Å². The fourth-order valence-corrected chi connectivity index (χ4v) is 1.65. The van der Waals surface area contributed by atoms with Gasteiger partial charge in [-0.1, -0.05) is 12.8 Å². The average Bonchev–Trinajstić information content (AvgIpc) is 2.10. The molecule has 0 amide bonds. The number of rotatable bonds is 9. The Kier molecular flexibility index (Phi) is 12.0. The molecule has 0 saturated heterocycles. The van der Waals surface area contributed by atoms with Crippen LogP contribution < -0.4 is 0 Å². The predicted molar refractivity (Wildman–Crippen MR) is 55.8 cm³/mol. The van der Waals surface area contributed by atoms with Crippen LogP contribution in [0.25, 0.3) is 0 Å². The predicted octanol–water partition coefficient (Wildman–Crippen LogP) is 2.13. The first kappa shape index (κ1) is 12.5. The molecule has 0 aliphatic heterocycles. The van der Waals surface area contributed by atoms with E-state index in [1.165, 1.54) is 25.3 Å². The Hall–Kier alpha value is 0.487. The van der Waals surface area contributed by atoms with Crippen LogP contribution in [-0.2, 0) is 9.16 Å². The molecular weight excluding hydrogens is 188 g/mol. The fourth-order valence-electron chi connectivity index (χ4n) is 0.725. The molecule has 4 heteroatoms. The van der Waals surface area contributed by atoms with Gasteiger partial charge in [0.2, 0.25) is 9.76 Å². The maximum atomic E-state index is 5.24. The van der Waals surface area contributed by atoms with Crippen LogP contribution in [0.5, 0.6) is 0 Å². The molecule has 0 bridgehead atoms. The molecule has 0 aliphatic carbocycles. The molecule has 0 saturated carbocycles. The van der Waals surface area contributed by atoms with Gasteiger partial charge < -0.3 is 9.16 Å². The summed E-state index contributed by atoms with van der Waals surface area (Å²) >= 11 is 4.14. The zero-order chi connectivity index (χ0) is 9.07. The molecule has 0 heterocycles. The molecule has 2 radical (unpaired) electrons. The molecule has 0 rings (SSSR count). The van der Waals surface area contributed by atoms with Gasteiger partial charge in [0, 0.05) is 6.61 Å². The summed E-state index contributed by atoms with van der Waals surface area (Å²) in [5.74, 6) is 1.00. The zero-order valence-electron chi connectivity index (χ0n) is 7.71. The highest BCUT2D eigenvalue weighted by Gasteiger charge is 1.91. The van der Waals surface area contributed by atoms with Gasteiger partial charge >= 0.3 is 0 Å². The first-order valence-electron chi connectivity index (χ1n) is 4.45. The van der Waals surface area contributed by atoms with Gasteiger partial charge in [-0.3, -0.25) is 0 Å². The van der Waals surface area contributed by atoms with Crippen molar-refractivity contribution in [1.29, 1.82) is 0 Å². The highest BCUT2D eigenvalue weighted by atomic mass is 32.1. The second-order valence-electron chi connectivity index (χ2n) is 2.43. The van der Waals surface area contributed by atoms with E-state index in [0.29, 0.717) is 16.6 Å². The van der Waals surface area contributed by atoms with E-state index in [9.17, 15) is 0 Å². The quantitative estimate of drug-likeness (QED) is 0.270. The lowest BCUT2D eigenvalue weighted by Crippen LogP contribution is -2.03. The molecule has 0 aromatic heterocycles. The first-order valence-corrected chi connectivity index (χ1v) is 6.19. The summed E-state index contributed by atoms with van der Waals surface area (Å²) in [6.07, 6.45) is 3.75. The zero-order valence-corrected chi connectivity index (χ0v) is 9.61. The van der Waals surface area contributed by atoms with Crippen LogP contribution in [-0.4, -0.2) is 28.9 Å². The molecule has 0 aromatic rings. The summed E-state index contributed by atoms with van der Waals surface area (Å²) in [6.45, 7) is 3.17. The third-order valence-corrected chi connectivity index (χ3v) is 2.58. The Morgan fingerprint density at radius 1 is 1.25 bits per heavy atom. The van der Waals surface area contributed by atoms with Crippen LogP contribution in [0.1, 0.15) is 26.2 Å². The van der Waals surface area contributed by atoms with Crippen molar-refractivity contribution in [2.45, 2.75) is 32.2 Å². The standard InChI is InChI=1S/C8H18O2SSi/c1-2-9-8-10-12-7-5-3-4-6-11/h11H,2-8H2,1H3. The molecule has 0 atom stereocenters. The number of ether oxygens (including phenoxy) is 1. The minimum absolute atomic E-state index is 0.460. The lowest BCUT2D eigenvalue weighted by atomic mass is 10.3. The number of hydrogen-bond donors (Lipinski definition) is 1. The van der Waals surface area contributed by atoms with Crippen LogP contribution >= 0.6 is 12.6 Å². The number of hydrogen-bond acceptors (Lipinski definition) is 3. The third-order valence-electron chi connectivity index (χ3n) is 1.39. The maximum absolute atomic E-state index is 5.24. The Bertz CT molecular complexity index is 73.5. The van der Waals surface area contributed by atoms with Crippen molar-refractivity contribution >= 4 is 22.4 Å². The van der Waals surface area contributed by atoms with Crippen molar-refractivity contribution < 1.29 is 9.16 Å². The van der Waals surface area contributed by atoms with Crippen LogP contribution in [0, 0.1) is 0 Å². The van der Waals surface area contributed by atoms with Gasteiger partial charge in [-0.05, 0) is 25.1 Å². The molecule has 0 N–H and O–H groups in total. The molecular formula is C8H18O2SSi. The maximum Gasteiger partial charge on any atom is 0.232 e. The van der Waals surface area contributed by atoms with Gasteiger partial charge in [-0.15, -0.1) is 0 Å². The Morgan fingerprint density at radius 2 is 2.08 bits per heavy atom. The lowest BCUT2D eigenvalue weighted by Gasteiger charge is -2.01. The SMILES string of the molecule is CCOCO[Si]CCCCCS. The van der Waals surface area contributed by atoms with Crippen molar-refractivity contribution in [3.63, 3.8) is 0 Å². The number of unbranched alkanes of at least 4 members (excludes halogenated alkanes) is 2. The van der Waals surface area contributed by atoms with Crippen LogP contribution in [0.4, 0.5) is 0 Å². The van der Waals surface area contributed by atoms with Crippen LogP contribution in [0.3, 0.4) is 0 Å². The topological polar surface area (TPSA) is 18.5 Å². The fraction of sp³-hybridized carbons (Fsp3) is 1.00. The number of thiol groups is 1. The van der Waals surface area contributed by atoms with E-state index in [-0.39, 0.29) is 0 Å². The summed E-state index contributed by atoms with van der Waals surface area (Å²) in [5, 5.41) is 0. The molecule has 0 aromatic carbocycles. The molecule has 0 aliphatic rings. The molecule has 2 nitrogen and oxygen atoms in total. The van der Waals surface area contributed by atoms with Gasteiger partial charge in [0.05, 0.1) is 0 Å². The van der Waals surface area contributed by atoms with E-state index in [1.807, 2.05) is 6.92 Å². The Labute approximate surface area is 83.4 Å². The van der Waals surface area contributed by atoms with Gasteiger partial charge in [-0.25, -0.2) is 0 Å². The van der Waals surface area contributed by atoms with E-state index in [2.05, 4.69) is 12.6 Å². The van der Waals surface area contributed by atoms with E-state index in [0.717, 1.165) is 12.4 Å². The average molecular weight is 206 g/mol. The van der Waals surface area contributed by atoms with E-state index >= 15 is 0 Å². The van der Waals surface area contributed by atoms with Crippen molar-refractivity contribution in [3.8, 4) is 0 Å². The molecule has 12 heavy (non-hydrogen) atoms. The molecule has 72 valence electrons. The van der Waals surface area contributed by atoms with Crippen molar-refractivity contribution in [2.75, 3.05) is 19.2 Å². The summed E-state index contributed by atoms with van der Waals surface area (Å²) in [4.78, 5) is 0. The Balaban J connectivity index is 2.73. The first-order chi connectivity index (χ1) is 5.91. The van der Waals surface area contributed by atoms with Crippen molar-refractivity contribution in [1.82, 2.24) is 0 Å². The summed E-state index contributed by atoms with van der Waals surface area (Å²) in [5.41, 5.74) is 0. The van der Waals surface area contributed by atoms with Gasteiger partial charge in [0.15, 0.2) is 0 Å². The monoisotopic (exact) mass is 206 g/mol. The normalized spacial score (nSPS) is 10.5. The minimum atomic E-state index is 0.460. The minimum Gasteiger partial charge on any atom is -0.395 e. The summed E-state index contributed by atoms with van der Waals surface area (Å²) in [6, 6.07) is 1.17. The highest BCUT2D eigenvalue weighted by molar-refractivity contribution is 7.80. The van der Waals surface area contributed by atoms with Gasteiger partial charge in [0.25, 0.3) is 0 Å². The Morgan fingerprint density at radius 3 is 2.75 bits per heavy atom. The summed E-state index contributed by atoms with van der Waals surface area (Å²) < 4.78 is 10.3.